The van der Waals surface area contributed by atoms with Crippen molar-refractivity contribution in [2.75, 3.05) is 12.4 Å². The average molecular weight is 246 g/mol. The van der Waals surface area contributed by atoms with E-state index in [1.54, 1.807) is 6.92 Å². The van der Waals surface area contributed by atoms with E-state index in [4.69, 9.17) is 4.42 Å². The summed E-state index contributed by atoms with van der Waals surface area (Å²) < 4.78 is 9.91. The lowest BCUT2D eigenvalue weighted by Gasteiger charge is -2.01. The second-order valence-corrected chi connectivity index (χ2v) is 3.92. The molecular formula is C13H14N2O3. The predicted molar refractivity (Wildman–Crippen MR) is 67.0 cm³/mol. The van der Waals surface area contributed by atoms with E-state index in [0.29, 0.717) is 5.69 Å². The van der Waals surface area contributed by atoms with Gasteiger partial charge in [0.25, 0.3) is 6.01 Å². The number of anilines is 2. The Balaban J connectivity index is 2.23. The van der Waals surface area contributed by atoms with Crippen LogP contribution in [0, 0.1) is 13.8 Å². The lowest BCUT2D eigenvalue weighted by Crippen LogP contribution is -2.00. The first-order valence-electron chi connectivity index (χ1n) is 5.49. The molecule has 5 heteroatoms. The Bertz CT molecular complexity index is 575. The van der Waals surface area contributed by atoms with Crippen molar-refractivity contribution in [3.8, 4) is 0 Å². The van der Waals surface area contributed by atoms with Crippen molar-refractivity contribution < 1.29 is 13.9 Å². The molecule has 94 valence electrons. The van der Waals surface area contributed by atoms with Crippen LogP contribution in [0.1, 0.15) is 21.8 Å². The molecule has 0 aliphatic rings. The smallest absolute Gasteiger partial charge is 0.376 e. The summed E-state index contributed by atoms with van der Waals surface area (Å²) in [6.45, 7) is 3.68. The molecule has 0 aliphatic carbocycles. The van der Waals surface area contributed by atoms with Gasteiger partial charge < -0.3 is 14.5 Å². The minimum absolute atomic E-state index is 0.118. The molecule has 1 aromatic heterocycles. The zero-order valence-corrected chi connectivity index (χ0v) is 10.5. The first kappa shape index (κ1) is 12.2. The standard InChI is InChI=1S/C13H14N2O3/c1-8-5-4-6-10(7-8)15-13-14-9(2)11(18-13)12(16)17-3/h4-7H,1-3H3,(H,14,15). The molecule has 1 aromatic carbocycles. The van der Waals surface area contributed by atoms with Crippen molar-refractivity contribution in [2.24, 2.45) is 0 Å². The van der Waals surface area contributed by atoms with Gasteiger partial charge in [0.1, 0.15) is 0 Å². The average Bonchev–Trinajstić information content (AvgIpc) is 2.69. The summed E-state index contributed by atoms with van der Waals surface area (Å²) >= 11 is 0. The number of esters is 1. The lowest BCUT2D eigenvalue weighted by molar-refractivity contribution is 0.0565. The Labute approximate surface area is 105 Å². The highest BCUT2D eigenvalue weighted by molar-refractivity contribution is 5.87. The SMILES string of the molecule is COC(=O)c1oc(Nc2cccc(C)c2)nc1C. The van der Waals surface area contributed by atoms with Crippen LogP contribution in [0.25, 0.3) is 0 Å². The Morgan fingerprint density at radius 2 is 2.17 bits per heavy atom. The van der Waals surface area contributed by atoms with Gasteiger partial charge in [-0.1, -0.05) is 12.1 Å². The first-order valence-corrected chi connectivity index (χ1v) is 5.49. The van der Waals surface area contributed by atoms with Gasteiger partial charge >= 0.3 is 5.97 Å². The van der Waals surface area contributed by atoms with Crippen LogP contribution >= 0.6 is 0 Å². The summed E-state index contributed by atoms with van der Waals surface area (Å²) in [6.07, 6.45) is 0. The second kappa shape index (κ2) is 4.91. The highest BCUT2D eigenvalue weighted by Crippen LogP contribution is 2.20. The third-order valence-corrected chi connectivity index (χ3v) is 2.44. The number of benzene rings is 1. The maximum absolute atomic E-state index is 11.4. The number of hydrogen-bond acceptors (Lipinski definition) is 5. The fourth-order valence-electron chi connectivity index (χ4n) is 1.58. The summed E-state index contributed by atoms with van der Waals surface area (Å²) in [5, 5.41) is 3.00. The number of hydrogen-bond donors (Lipinski definition) is 1. The number of nitrogens with one attached hydrogen (secondary N) is 1. The maximum atomic E-state index is 11.4. The van der Waals surface area contributed by atoms with Gasteiger partial charge in [-0.15, -0.1) is 0 Å². The van der Waals surface area contributed by atoms with Crippen molar-refractivity contribution in [2.45, 2.75) is 13.8 Å². The molecule has 0 saturated carbocycles. The number of methoxy groups -OCH3 is 1. The number of aryl methyl sites for hydroxylation is 2. The summed E-state index contributed by atoms with van der Waals surface area (Å²) in [7, 11) is 1.30. The Morgan fingerprint density at radius 1 is 1.39 bits per heavy atom. The minimum atomic E-state index is -0.530. The van der Waals surface area contributed by atoms with Crippen molar-refractivity contribution in [3.05, 3.63) is 41.3 Å². The summed E-state index contributed by atoms with van der Waals surface area (Å²) in [6, 6.07) is 8.04. The van der Waals surface area contributed by atoms with Crippen LogP contribution in [0.5, 0.6) is 0 Å². The van der Waals surface area contributed by atoms with Gasteiger partial charge in [-0.2, -0.15) is 4.98 Å². The van der Waals surface area contributed by atoms with E-state index in [2.05, 4.69) is 15.0 Å². The molecule has 2 rings (SSSR count). The molecule has 2 aromatic rings. The van der Waals surface area contributed by atoms with Gasteiger partial charge in [-0.25, -0.2) is 4.79 Å². The van der Waals surface area contributed by atoms with Gasteiger partial charge in [-0.3, -0.25) is 0 Å². The largest absolute Gasteiger partial charge is 0.463 e. The maximum Gasteiger partial charge on any atom is 0.376 e. The van der Waals surface area contributed by atoms with E-state index >= 15 is 0 Å². The van der Waals surface area contributed by atoms with Crippen LogP contribution in [0.15, 0.2) is 28.7 Å². The molecule has 0 amide bonds. The molecular weight excluding hydrogens is 232 g/mol. The van der Waals surface area contributed by atoms with E-state index in [1.807, 2.05) is 31.2 Å². The van der Waals surface area contributed by atoms with Crippen molar-refractivity contribution in [1.29, 1.82) is 0 Å². The van der Waals surface area contributed by atoms with Crippen LogP contribution in [-0.2, 0) is 4.74 Å². The molecule has 0 saturated heterocycles. The van der Waals surface area contributed by atoms with Crippen LogP contribution in [-0.4, -0.2) is 18.1 Å². The number of rotatable bonds is 3. The Morgan fingerprint density at radius 3 is 2.83 bits per heavy atom. The van der Waals surface area contributed by atoms with Crippen LogP contribution < -0.4 is 5.32 Å². The summed E-state index contributed by atoms with van der Waals surface area (Å²) in [5.41, 5.74) is 2.47. The predicted octanol–water partition coefficient (Wildman–Crippen LogP) is 2.82. The number of oxazole rings is 1. The van der Waals surface area contributed by atoms with Crippen molar-refractivity contribution in [1.82, 2.24) is 4.98 Å². The fraction of sp³-hybridized carbons (Fsp3) is 0.231. The van der Waals surface area contributed by atoms with E-state index in [0.717, 1.165) is 11.3 Å². The van der Waals surface area contributed by atoms with Gasteiger partial charge in [0.05, 0.1) is 12.8 Å². The normalized spacial score (nSPS) is 10.2. The van der Waals surface area contributed by atoms with E-state index in [9.17, 15) is 4.79 Å². The molecule has 0 bridgehead atoms. The zero-order valence-electron chi connectivity index (χ0n) is 10.5. The molecule has 1 N–H and O–H groups in total. The number of aromatic nitrogens is 1. The number of carbonyl (C=O) groups excluding carboxylic acids is 1. The van der Waals surface area contributed by atoms with E-state index < -0.39 is 5.97 Å². The molecule has 0 spiro atoms. The lowest BCUT2D eigenvalue weighted by atomic mass is 10.2. The highest BCUT2D eigenvalue weighted by atomic mass is 16.5. The van der Waals surface area contributed by atoms with Crippen LogP contribution in [0.2, 0.25) is 0 Å². The fourth-order valence-corrected chi connectivity index (χ4v) is 1.58. The van der Waals surface area contributed by atoms with Gasteiger partial charge in [0.15, 0.2) is 0 Å². The molecule has 0 aliphatic heterocycles. The number of ether oxygens (including phenoxy) is 1. The Hall–Kier alpha value is -2.30. The van der Waals surface area contributed by atoms with Gasteiger partial charge in [-0.05, 0) is 31.5 Å². The minimum Gasteiger partial charge on any atom is -0.463 e. The highest BCUT2D eigenvalue weighted by Gasteiger charge is 2.17. The first-order chi connectivity index (χ1) is 8.60. The van der Waals surface area contributed by atoms with Crippen LogP contribution in [0.4, 0.5) is 11.7 Å². The summed E-state index contributed by atoms with van der Waals surface area (Å²) in [5.74, 6) is -0.412. The van der Waals surface area contributed by atoms with Crippen molar-refractivity contribution >= 4 is 17.7 Å². The third-order valence-electron chi connectivity index (χ3n) is 2.44. The van der Waals surface area contributed by atoms with E-state index in [1.165, 1.54) is 7.11 Å². The molecule has 0 radical (unpaired) electrons. The zero-order chi connectivity index (χ0) is 13.1. The second-order valence-electron chi connectivity index (χ2n) is 3.92. The summed E-state index contributed by atoms with van der Waals surface area (Å²) in [4.78, 5) is 15.5. The molecule has 0 unspecified atom stereocenters. The molecule has 5 nitrogen and oxygen atoms in total. The van der Waals surface area contributed by atoms with Gasteiger partial charge in [0.2, 0.25) is 5.76 Å². The Kier molecular flexibility index (Phi) is 3.32. The molecule has 1 heterocycles. The van der Waals surface area contributed by atoms with E-state index in [-0.39, 0.29) is 11.8 Å². The molecule has 0 atom stereocenters. The van der Waals surface area contributed by atoms with Crippen LogP contribution in [0.3, 0.4) is 0 Å². The van der Waals surface area contributed by atoms with Gasteiger partial charge in [0, 0.05) is 5.69 Å². The molecule has 18 heavy (non-hydrogen) atoms. The van der Waals surface area contributed by atoms with Crippen molar-refractivity contribution in [3.63, 3.8) is 0 Å². The number of nitrogens with zero attached hydrogens (tertiary/aromatic N) is 1. The third kappa shape index (κ3) is 2.51. The number of carbonyl (C=O) groups is 1. The quantitative estimate of drug-likeness (QED) is 0.843. The topological polar surface area (TPSA) is 64.4 Å². The molecule has 0 fully saturated rings. The monoisotopic (exact) mass is 246 g/mol.